The molecule has 0 fully saturated rings. The van der Waals surface area contributed by atoms with Gasteiger partial charge in [0, 0.05) is 5.56 Å². The van der Waals surface area contributed by atoms with E-state index in [0.717, 1.165) is 33.5 Å². The van der Waals surface area contributed by atoms with Crippen molar-refractivity contribution in [1.82, 2.24) is 9.97 Å². The molecule has 0 aliphatic heterocycles. The van der Waals surface area contributed by atoms with Crippen LogP contribution in [0.4, 0.5) is 0 Å². The molecule has 0 aliphatic rings. The van der Waals surface area contributed by atoms with Gasteiger partial charge < -0.3 is 0 Å². The zero-order chi connectivity index (χ0) is 14.0. The molecule has 0 amide bonds. The SMILES string of the molecule is CCCc1nc(-c2ccc(C)cc2C)nc(Cl)c1I. The second-order valence-corrected chi connectivity index (χ2v) is 6.10. The van der Waals surface area contributed by atoms with E-state index in [2.05, 4.69) is 71.5 Å². The first kappa shape index (κ1) is 14.7. The van der Waals surface area contributed by atoms with Crippen LogP contribution in [0, 0.1) is 17.4 Å². The van der Waals surface area contributed by atoms with E-state index in [0.29, 0.717) is 5.15 Å². The molecular formula is C15H16ClIN2. The smallest absolute Gasteiger partial charge is 0.161 e. The molecule has 100 valence electrons. The molecular weight excluding hydrogens is 371 g/mol. The van der Waals surface area contributed by atoms with Gasteiger partial charge in [-0.05, 0) is 48.4 Å². The van der Waals surface area contributed by atoms with Crippen LogP contribution in [0.3, 0.4) is 0 Å². The Balaban J connectivity index is 2.56. The van der Waals surface area contributed by atoms with E-state index in [-0.39, 0.29) is 0 Å². The van der Waals surface area contributed by atoms with E-state index < -0.39 is 0 Å². The summed E-state index contributed by atoms with van der Waals surface area (Å²) < 4.78 is 0.967. The summed E-state index contributed by atoms with van der Waals surface area (Å²) in [5, 5.41) is 0.550. The number of hydrogen-bond donors (Lipinski definition) is 0. The maximum atomic E-state index is 6.23. The standard InChI is InChI=1S/C15H16ClIN2/c1-4-5-12-13(17)14(16)19-15(18-12)11-7-6-9(2)8-10(11)3/h6-8H,4-5H2,1-3H3. The lowest BCUT2D eigenvalue weighted by atomic mass is 10.1. The minimum absolute atomic E-state index is 0.550. The van der Waals surface area contributed by atoms with E-state index in [1.165, 1.54) is 11.1 Å². The summed E-state index contributed by atoms with van der Waals surface area (Å²) in [4.78, 5) is 9.10. The van der Waals surface area contributed by atoms with Crippen molar-refractivity contribution in [3.05, 3.63) is 43.7 Å². The average Bonchev–Trinajstić information content (AvgIpc) is 2.35. The van der Waals surface area contributed by atoms with Crippen molar-refractivity contribution >= 4 is 34.2 Å². The van der Waals surface area contributed by atoms with Crippen molar-refractivity contribution in [2.24, 2.45) is 0 Å². The highest BCUT2D eigenvalue weighted by Gasteiger charge is 2.12. The summed E-state index contributed by atoms with van der Waals surface area (Å²) in [6.45, 7) is 6.31. The highest BCUT2D eigenvalue weighted by molar-refractivity contribution is 14.1. The highest BCUT2D eigenvalue weighted by Crippen LogP contribution is 2.26. The van der Waals surface area contributed by atoms with Gasteiger partial charge in [0.05, 0.1) is 9.26 Å². The Bertz CT molecular complexity index is 611. The number of nitrogens with zero attached hydrogens (tertiary/aromatic N) is 2. The fourth-order valence-corrected chi connectivity index (χ4v) is 2.75. The van der Waals surface area contributed by atoms with E-state index >= 15 is 0 Å². The lowest BCUT2D eigenvalue weighted by Gasteiger charge is -2.10. The number of benzene rings is 1. The molecule has 0 aliphatic carbocycles. The topological polar surface area (TPSA) is 25.8 Å². The van der Waals surface area contributed by atoms with E-state index in [4.69, 9.17) is 11.6 Å². The fraction of sp³-hybridized carbons (Fsp3) is 0.333. The largest absolute Gasteiger partial charge is 0.232 e. The van der Waals surface area contributed by atoms with Gasteiger partial charge in [0.15, 0.2) is 5.82 Å². The molecule has 1 aromatic heterocycles. The van der Waals surface area contributed by atoms with Crippen LogP contribution in [0.2, 0.25) is 5.15 Å². The first-order chi connectivity index (χ1) is 9.02. The van der Waals surface area contributed by atoms with Crippen molar-refractivity contribution in [3.63, 3.8) is 0 Å². The van der Waals surface area contributed by atoms with Crippen molar-refractivity contribution < 1.29 is 0 Å². The predicted octanol–water partition coefficient (Wildman–Crippen LogP) is 4.97. The number of rotatable bonds is 3. The van der Waals surface area contributed by atoms with Crippen molar-refractivity contribution in [1.29, 1.82) is 0 Å². The summed E-state index contributed by atoms with van der Waals surface area (Å²) >= 11 is 8.45. The summed E-state index contributed by atoms with van der Waals surface area (Å²) in [6.07, 6.45) is 1.98. The lowest BCUT2D eigenvalue weighted by Crippen LogP contribution is -2.01. The first-order valence-corrected chi connectivity index (χ1v) is 7.78. The molecule has 4 heteroatoms. The third-order valence-corrected chi connectivity index (χ3v) is 4.71. The van der Waals surface area contributed by atoms with E-state index in [1.807, 2.05) is 0 Å². The summed E-state index contributed by atoms with van der Waals surface area (Å²) in [6, 6.07) is 6.29. The lowest BCUT2D eigenvalue weighted by molar-refractivity contribution is 0.867. The Morgan fingerprint density at radius 1 is 1.21 bits per heavy atom. The Labute approximate surface area is 132 Å². The molecule has 0 bridgehead atoms. The fourth-order valence-electron chi connectivity index (χ4n) is 2.05. The van der Waals surface area contributed by atoms with Crippen LogP contribution in [0.1, 0.15) is 30.2 Å². The Morgan fingerprint density at radius 3 is 2.58 bits per heavy atom. The number of aromatic nitrogens is 2. The van der Waals surface area contributed by atoms with Gasteiger partial charge in [-0.1, -0.05) is 48.7 Å². The van der Waals surface area contributed by atoms with Gasteiger partial charge in [-0.25, -0.2) is 9.97 Å². The minimum atomic E-state index is 0.550. The van der Waals surface area contributed by atoms with Crippen molar-refractivity contribution in [2.75, 3.05) is 0 Å². The zero-order valence-corrected chi connectivity index (χ0v) is 14.2. The maximum Gasteiger partial charge on any atom is 0.161 e. The molecule has 0 spiro atoms. The van der Waals surface area contributed by atoms with Crippen LogP contribution >= 0.6 is 34.2 Å². The molecule has 0 saturated carbocycles. The zero-order valence-electron chi connectivity index (χ0n) is 11.3. The molecule has 2 rings (SSSR count). The van der Waals surface area contributed by atoms with Crippen LogP contribution in [0.5, 0.6) is 0 Å². The summed E-state index contributed by atoms with van der Waals surface area (Å²) in [5.74, 6) is 0.728. The predicted molar refractivity (Wildman–Crippen MR) is 88.7 cm³/mol. The number of halogens is 2. The third-order valence-electron chi connectivity index (χ3n) is 2.99. The van der Waals surface area contributed by atoms with Crippen LogP contribution in [-0.2, 0) is 6.42 Å². The number of aryl methyl sites for hydroxylation is 3. The van der Waals surface area contributed by atoms with Gasteiger partial charge in [-0.2, -0.15) is 0 Å². The van der Waals surface area contributed by atoms with Crippen molar-refractivity contribution in [3.8, 4) is 11.4 Å². The molecule has 19 heavy (non-hydrogen) atoms. The van der Waals surface area contributed by atoms with Gasteiger partial charge in [-0.3, -0.25) is 0 Å². The van der Waals surface area contributed by atoms with Crippen LogP contribution in [0.15, 0.2) is 18.2 Å². The Morgan fingerprint density at radius 2 is 1.95 bits per heavy atom. The average molecular weight is 387 g/mol. The van der Waals surface area contributed by atoms with Gasteiger partial charge in [-0.15, -0.1) is 0 Å². The molecule has 0 saturated heterocycles. The number of hydrogen-bond acceptors (Lipinski definition) is 2. The van der Waals surface area contributed by atoms with Crippen LogP contribution < -0.4 is 0 Å². The van der Waals surface area contributed by atoms with Gasteiger partial charge in [0.1, 0.15) is 5.15 Å². The second kappa shape index (κ2) is 6.18. The van der Waals surface area contributed by atoms with E-state index in [9.17, 15) is 0 Å². The van der Waals surface area contributed by atoms with Crippen LogP contribution in [0.25, 0.3) is 11.4 Å². The second-order valence-electron chi connectivity index (χ2n) is 4.67. The third kappa shape index (κ3) is 3.26. The monoisotopic (exact) mass is 386 g/mol. The molecule has 1 heterocycles. The molecule has 0 N–H and O–H groups in total. The van der Waals surface area contributed by atoms with E-state index in [1.54, 1.807) is 0 Å². The Kier molecular flexibility index (Phi) is 4.79. The minimum Gasteiger partial charge on any atom is -0.232 e. The maximum absolute atomic E-state index is 6.23. The Hall–Kier alpha value is -0.680. The quantitative estimate of drug-likeness (QED) is 0.550. The molecule has 0 unspecified atom stereocenters. The van der Waals surface area contributed by atoms with Gasteiger partial charge >= 0.3 is 0 Å². The van der Waals surface area contributed by atoms with Crippen LogP contribution in [-0.4, -0.2) is 9.97 Å². The van der Waals surface area contributed by atoms with Crippen molar-refractivity contribution in [2.45, 2.75) is 33.6 Å². The summed E-state index contributed by atoms with van der Waals surface area (Å²) in [7, 11) is 0. The molecule has 0 atom stereocenters. The molecule has 2 nitrogen and oxygen atoms in total. The normalized spacial score (nSPS) is 10.8. The van der Waals surface area contributed by atoms with Gasteiger partial charge in [0.2, 0.25) is 0 Å². The van der Waals surface area contributed by atoms with Gasteiger partial charge in [0.25, 0.3) is 0 Å². The highest BCUT2D eigenvalue weighted by atomic mass is 127. The molecule has 2 aromatic rings. The molecule has 0 radical (unpaired) electrons. The summed E-state index contributed by atoms with van der Waals surface area (Å²) in [5.41, 5.74) is 4.52. The molecule has 1 aromatic carbocycles. The first-order valence-electron chi connectivity index (χ1n) is 6.32.